The maximum atomic E-state index is 12.4. The first-order valence-corrected chi connectivity index (χ1v) is 8.79. The van der Waals surface area contributed by atoms with Crippen LogP contribution in [0.1, 0.15) is 17.3 Å². The standard InChI is InChI=1S/C20H17BrN2O3/c1-12(20(25)23-15-9-6-14(7-10-15)19(22)24)26-17-11-8-13-4-2-3-5-16(13)18(17)21/h2-12H,1H3,(H2,22,24)(H,23,25). The number of carbonyl (C=O) groups excluding carboxylic acids is 2. The number of carbonyl (C=O) groups is 2. The molecule has 0 aliphatic heterocycles. The van der Waals surface area contributed by atoms with Gasteiger partial charge < -0.3 is 15.8 Å². The zero-order valence-electron chi connectivity index (χ0n) is 14.0. The minimum absolute atomic E-state index is 0.295. The van der Waals surface area contributed by atoms with Crippen LogP contribution in [0.4, 0.5) is 5.69 Å². The van der Waals surface area contributed by atoms with Gasteiger partial charge in [0.1, 0.15) is 5.75 Å². The van der Waals surface area contributed by atoms with Crippen LogP contribution < -0.4 is 15.8 Å². The molecule has 3 N–H and O–H groups in total. The average Bonchev–Trinajstić information content (AvgIpc) is 2.64. The molecule has 6 heteroatoms. The van der Waals surface area contributed by atoms with Gasteiger partial charge in [-0.2, -0.15) is 0 Å². The molecule has 0 fully saturated rings. The molecule has 0 saturated heterocycles. The van der Waals surface area contributed by atoms with Gasteiger partial charge in [0.05, 0.1) is 4.47 Å². The zero-order chi connectivity index (χ0) is 18.7. The summed E-state index contributed by atoms with van der Waals surface area (Å²) in [6.07, 6.45) is -0.705. The minimum atomic E-state index is -0.705. The van der Waals surface area contributed by atoms with Crippen LogP contribution in [0.5, 0.6) is 5.75 Å². The Labute approximate surface area is 159 Å². The van der Waals surface area contributed by atoms with E-state index < -0.39 is 12.0 Å². The Morgan fingerprint density at radius 3 is 2.42 bits per heavy atom. The molecular weight excluding hydrogens is 396 g/mol. The third-order valence-electron chi connectivity index (χ3n) is 3.94. The highest BCUT2D eigenvalue weighted by molar-refractivity contribution is 9.10. The average molecular weight is 413 g/mol. The van der Waals surface area contributed by atoms with Gasteiger partial charge in [-0.3, -0.25) is 9.59 Å². The Balaban J connectivity index is 1.71. The highest BCUT2D eigenvalue weighted by Gasteiger charge is 2.17. The molecule has 26 heavy (non-hydrogen) atoms. The summed E-state index contributed by atoms with van der Waals surface area (Å²) in [5.41, 5.74) is 6.15. The van der Waals surface area contributed by atoms with E-state index in [-0.39, 0.29) is 5.91 Å². The van der Waals surface area contributed by atoms with Crippen LogP contribution in [0.3, 0.4) is 0 Å². The molecule has 0 bridgehead atoms. The zero-order valence-corrected chi connectivity index (χ0v) is 15.6. The molecule has 5 nitrogen and oxygen atoms in total. The number of amides is 2. The van der Waals surface area contributed by atoms with E-state index >= 15 is 0 Å². The van der Waals surface area contributed by atoms with Gasteiger partial charge in [-0.25, -0.2) is 0 Å². The second kappa shape index (κ2) is 7.58. The normalized spacial score (nSPS) is 11.8. The molecule has 1 unspecified atom stereocenters. The van der Waals surface area contributed by atoms with Gasteiger partial charge >= 0.3 is 0 Å². The SMILES string of the molecule is CC(Oc1ccc2ccccc2c1Br)C(=O)Nc1ccc(C(N)=O)cc1. The molecule has 3 rings (SSSR count). The number of halogens is 1. The Morgan fingerprint density at radius 2 is 1.73 bits per heavy atom. The fourth-order valence-electron chi connectivity index (χ4n) is 2.51. The van der Waals surface area contributed by atoms with Gasteiger partial charge in [-0.1, -0.05) is 30.3 Å². The third kappa shape index (κ3) is 3.86. The number of anilines is 1. The number of rotatable bonds is 5. The lowest BCUT2D eigenvalue weighted by Crippen LogP contribution is -2.30. The van der Waals surface area contributed by atoms with Crippen LogP contribution in [0.15, 0.2) is 65.1 Å². The Morgan fingerprint density at radius 1 is 1.04 bits per heavy atom. The molecule has 0 spiro atoms. The largest absolute Gasteiger partial charge is 0.480 e. The summed E-state index contributed by atoms with van der Waals surface area (Å²) in [5.74, 6) is -0.215. The number of fused-ring (bicyclic) bond motifs is 1. The van der Waals surface area contributed by atoms with Gasteiger partial charge in [0.15, 0.2) is 6.10 Å². The van der Waals surface area contributed by atoms with Gasteiger partial charge in [0, 0.05) is 11.3 Å². The van der Waals surface area contributed by atoms with E-state index in [9.17, 15) is 9.59 Å². The molecule has 0 saturated carbocycles. The number of ether oxygens (including phenoxy) is 1. The summed E-state index contributed by atoms with van der Waals surface area (Å²) in [5, 5.41) is 4.85. The van der Waals surface area contributed by atoms with Crippen LogP contribution >= 0.6 is 15.9 Å². The first-order chi connectivity index (χ1) is 12.5. The second-order valence-electron chi connectivity index (χ2n) is 5.79. The van der Waals surface area contributed by atoms with E-state index in [4.69, 9.17) is 10.5 Å². The maximum absolute atomic E-state index is 12.4. The summed E-state index contributed by atoms with van der Waals surface area (Å²) in [4.78, 5) is 23.4. The van der Waals surface area contributed by atoms with Crippen LogP contribution in [0.2, 0.25) is 0 Å². The van der Waals surface area contributed by atoms with Crippen molar-refractivity contribution in [2.24, 2.45) is 5.73 Å². The predicted octanol–water partition coefficient (Wildman–Crippen LogP) is 4.11. The maximum Gasteiger partial charge on any atom is 0.265 e. The van der Waals surface area contributed by atoms with Crippen molar-refractivity contribution in [3.8, 4) is 5.75 Å². The Bertz CT molecular complexity index is 970. The van der Waals surface area contributed by atoms with E-state index in [0.717, 1.165) is 15.2 Å². The molecule has 3 aromatic rings. The van der Waals surface area contributed by atoms with Crippen LogP contribution in [0, 0.1) is 0 Å². The highest BCUT2D eigenvalue weighted by Crippen LogP contribution is 2.33. The predicted molar refractivity (Wildman–Crippen MR) is 105 cm³/mol. The van der Waals surface area contributed by atoms with E-state index in [1.165, 1.54) is 0 Å². The van der Waals surface area contributed by atoms with Crippen molar-refractivity contribution in [1.29, 1.82) is 0 Å². The number of nitrogens with one attached hydrogen (secondary N) is 1. The van der Waals surface area contributed by atoms with Gasteiger partial charge in [-0.05, 0) is 64.0 Å². The summed E-state index contributed by atoms with van der Waals surface area (Å²) >= 11 is 3.55. The van der Waals surface area contributed by atoms with Crippen molar-refractivity contribution in [3.63, 3.8) is 0 Å². The molecule has 0 radical (unpaired) electrons. The van der Waals surface area contributed by atoms with Crippen LogP contribution in [-0.4, -0.2) is 17.9 Å². The number of hydrogen-bond acceptors (Lipinski definition) is 3. The molecule has 2 amide bonds. The molecule has 3 aromatic carbocycles. The third-order valence-corrected chi connectivity index (χ3v) is 4.76. The molecule has 0 heterocycles. The van der Waals surface area contributed by atoms with Crippen molar-refractivity contribution in [1.82, 2.24) is 0 Å². The summed E-state index contributed by atoms with van der Waals surface area (Å²) in [7, 11) is 0. The first kappa shape index (κ1) is 17.9. The lowest BCUT2D eigenvalue weighted by molar-refractivity contribution is -0.122. The van der Waals surface area contributed by atoms with Crippen molar-refractivity contribution in [3.05, 3.63) is 70.7 Å². The number of nitrogens with two attached hydrogens (primary N) is 1. The topological polar surface area (TPSA) is 81.4 Å². The van der Waals surface area contributed by atoms with Crippen molar-refractivity contribution in [2.75, 3.05) is 5.32 Å². The molecule has 0 aromatic heterocycles. The fourth-order valence-corrected chi connectivity index (χ4v) is 3.10. The molecule has 1 atom stereocenters. The number of benzene rings is 3. The van der Waals surface area contributed by atoms with Crippen LogP contribution in [-0.2, 0) is 4.79 Å². The van der Waals surface area contributed by atoms with E-state index in [1.54, 1.807) is 31.2 Å². The number of hydrogen-bond donors (Lipinski definition) is 2. The van der Waals surface area contributed by atoms with Crippen LogP contribution in [0.25, 0.3) is 10.8 Å². The molecule has 0 aliphatic rings. The summed E-state index contributed by atoms with van der Waals surface area (Å²) in [6.45, 7) is 1.68. The van der Waals surface area contributed by atoms with E-state index in [0.29, 0.717) is 17.0 Å². The smallest absolute Gasteiger partial charge is 0.265 e. The summed E-state index contributed by atoms with van der Waals surface area (Å²) in [6, 6.07) is 18.0. The van der Waals surface area contributed by atoms with Crippen molar-refractivity contribution >= 4 is 44.2 Å². The van der Waals surface area contributed by atoms with Gasteiger partial charge in [0.2, 0.25) is 5.91 Å². The van der Waals surface area contributed by atoms with Crippen molar-refractivity contribution < 1.29 is 14.3 Å². The first-order valence-electron chi connectivity index (χ1n) is 8.00. The fraction of sp³-hybridized carbons (Fsp3) is 0.100. The lowest BCUT2D eigenvalue weighted by atomic mass is 10.1. The highest BCUT2D eigenvalue weighted by atomic mass is 79.9. The minimum Gasteiger partial charge on any atom is -0.480 e. The number of primary amides is 1. The van der Waals surface area contributed by atoms with E-state index in [1.807, 2.05) is 36.4 Å². The second-order valence-corrected chi connectivity index (χ2v) is 6.58. The summed E-state index contributed by atoms with van der Waals surface area (Å²) < 4.78 is 6.62. The molecular formula is C20H17BrN2O3. The molecule has 132 valence electrons. The van der Waals surface area contributed by atoms with Gasteiger partial charge in [-0.15, -0.1) is 0 Å². The van der Waals surface area contributed by atoms with Crippen molar-refractivity contribution in [2.45, 2.75) is 13.0 Å². The Kier molecular flexibility index (Phi) is 5.23. The quantitative estimate of drug-likeness (QED) is 0.661. The van der Waals surface area contributed by atoms with Gasteiger partial charge in [0.25, 0.3) is 5.91 Å². The lowest BCUT2D eigenvalue weighted by Gasteiger charge is -2.17. The Hall–Kier alpha value is -2.86. The molecule has 0 aliphatic carbocycles. The monoisotopic (exact) mass is 412 g/mol. The van der Waals surface area contributed by atoms with E-state index in [2.05, 4.69) is 21.2 Å².